The highest BCUT2D eigenvalue weighted by molar-refractivity contribution is 5.83. The molecule has 0 aliphatic heterocycles. The molecule has 1 atom stereocenters. The van der Waals surface area contributed by atoms with Crippen molar-refractivity contribution in [2.24, 2.45) is 46.8 Å². The fourth-order valence-electron chi connectivity index (χ4n) is 6.79. The molecule has 6 aliphatic rings. The first kappa shape index (κ1) is 10.3. The molecule has 6 rings (SSSR count). The van der Waals surface area contributed by atoms with Gasteiger partial charge in [0.05, 0.1) is 0 Å². The lowest BCUT2D eigenvalue weighted by atomic mass is 8.96. The van der Waals surface area contributed by atoms with Crippen LogP contribution in [0, 0.1) is 46.8 Å². The minimum absolute atomic E-state index is 0.103. The summed E-state index contributed by atoms with van der Waals surface area (Å²) in [6, 6.07) is -0.755. The van der Waals surface area contributed by atoms with Crippen LogP contribution in [-0.4, -0.2) is 29.8 Å². The maximum absolute atomic E-state index is 11.6. The quantitative estimate of drug-likeness (QED) is 0.715. The van der Waals surface area contributed by atoms with Gasteiger partial charge in [0.25, 0.3) is 0 Å². The van der Waals surface area contributed by atoms with Crippen molar-refractivity contribution in [1.82, 2.24) is 5.32 Å². The van der Waals surface area contributed by atoms with E-state index in [0.717, 1.165) is 23.7 Å². The second-order valence-corrected chi connectivity index (χ2v) is 6.69. The molecule has 0 aromatic heterocycles. The number of rotatable bonds is 5. The van der Waals surface area contributed by atoms with E-state index in [-0.39, 0.29) is 12.0 Å². The van der Waals surface area contributed by atoms with E-state index >= 15 is 0 Å². The summed E-state index contributed by atoms with van der Waals surface area (Å²) in [5, 5.41) is 12.0. The topological polar surface area (TPSA) is 75.6 Å². The maximum atomic E-state index is 11.6. The molecule has 0 aromatic rings. The predicted molar refractivity (Wildman–Crippen MR) is 63.0 cm³/mol. The molecule has 19 heavy (non-hydrogen) atoms. The van der Waals surface area contributed by atoms with Crippen LogP contribution in [0.25, 0.3) is 0 Å². The lowest BCUT2D eigenvalue weighted by molar-refractivity contribution is -0.617. The average Bonchev–Trinajstić information content (AvgIpc) is 2.42. The highest BCUT2D eigenvalue weighted by Crippen LogP contribution is 3.06. The first-order valence-corrected chi connectivity index (χ1v) is 6.92. The van der Waals surface area contributed by atoms with Gasteiger partial charge in [0, 0.05) is 5.41 Å². The van der Waals surface area contributed by atoms with Crippen molar-refractivity contribution in [3.63, 3.8) is 0 Å². The van der Waals surface area contributed by atoms with Crippen molar-refractivity contribution in [3.05, 3.63) is 12.7 Å². The smallest absolute Gasteiger partial charge is 0.408 e. The van der Waals surface area contributed by atoms with Gasteiger partial charge in [0.15, 0.2) is 0 Å². The first-order chi connectivity index (χ1) is 9.15. The number of carbonyl (C=O) groups excluding carboxylic acids is 1. The van der Waals surface area contributed by atoms with Crippen molar-refractivity contribution in [3.8, 4) is 0 Å². The second kappa shape index (κ2) is 2.67. The van der Waals surface area contributed by atoms with Crippen molar-refractivity contribution in [2.45, 2.75) is 6.04 Å². The lowest BCUT2D eigenvalue weighted by Gasteiger charge is -3.08. The van der Waals surface area contributed by atoms with Gasteiger partial charge in [-0.3, -0.25) is 0 Å². The molecule has 0 bridgehead atoms. The molecule has 5 nitrogen and oxygen atoms in total. The molecule has 0 unspecified atom stereocenters. The summed E-state index contributed by atoms with van der Waals surface area (Å²) in [6.07, 6.45) is 0.834. The van der Waals surface area contributed by atoms with Crippen LogP contribution in [0.2, 0.25) is 0 Å². The van der Waals surface area contributed by atoms with Gasteiger partial charge in [-0.05, 0) is 41.4 Å². The van der Waals surface area contributed by atoms with Crippen molar-refractivity contribution < 1.29 is 19.4 Å². The van der Waals surface area contributed by atoms with Crippen LogP contribution >= 0.6 is 0 Å². The molecule has 0 radical (unpaired) electrons. The second-order valence-electron chi connectivity index (χ2n) is 6.69. The molecule has 6 saturated carbocycles. The normalized spacial score (nSPS) is 56.9. The summed E-state index contributed by atoms with van der Waals surface area (Å²) >= 11 is 0. The predicted octanol–water partition coefficient (Wildman–Crippen LogP) is 0.720. The van der Waals surface area contributed by atoms with Gasteiger partial charge in [0.2, 0.25) is 0 Å². The summed E-state index contributed by atoms with van der Waals surface area (Å²) in [5.74, 6) is 4.17. The molecule has 0 heterocycles. The molecule has 1 amide bonds. The highest BCUT2D eigenvalue weighted by atomic mass is 16.5. The Kier molecular flexibility index (Phi) is 1.44. The summed E-state index contributed by atoms with van der Waals surface area (Å²) in [4.78, 5) is 23.1. The zero-order chi connectivity index (χ0) is 13.1. The Morgan fingerprint density at radius 3 is 2.32 bits per heavy atom. The lowest BCUT2D eigenvalue weighted by Crippen LogP contribution is -3.08. The highest BCUT2D eigenvalue weighted by Gasteiger charge is 3.05. The van der Waals surface area contributed by atoms with E-state index in [9.17, 15) is 14.7 Å². The number of carboxylic acid groups (broad SMARTS) is 1. The average molecular weight is 261 g/mol. The third kappa shape index (κ3) is 0.696. The molecule has 2 N–H and O–H groups in total. The summed E-state index contributed by atoms with van der Waals surface area (Å²) in [5.41, 5.74) is -0.103. The maximum Gasteiger partial charge on any atom is 0.408 e. The van der Waals surface area contributed by atoms with E-state index in [1.165, 1.54) is 6.08 Å². The third-order valence-electron chi connectivity index (χ3n) is 6.89. The summed E-state index contributed by atoms with van der Waals surface area (Å²) in [7, 11) is 0. The molecule has 100 valence electrons. The number of amides is 1. The minimum Gasteiger partial charge on any atom is -0.480 e. The Morgan fingerprint density at radius 2 is 1.84 bits per heavy atom. The van der Waals surface area contributed by atoms with Crippen molar-refractivity contribution in [1.29, 1.82) is 0 Å². The first-order valence-electron chi connectivity index (χ1n) is 6.92. The number of ether oxygens (including phenoxy) is 1. The summed E-state index contributed by atoms with van der Waals surface area (Å²) in [6.45, 7) is 3.57. The molecule has 5 heteroatoms. The number of hydrogen-bond donors (Lipinski definition) is 2. The number of aliphatic carboxylic acids is 1. The molecule has 6 aliphatic carbocycles. The van der Waals surface area contributed by atoms with Gasteiger partial charge in [-0.15, -0.1) is 0 Å². The van der Waals surface area contributed by atoms with Gasteiger partial charge in [-0.1, -0.05) is 12.7 Å². The Morgan fingerprint density at radius 1 is 1.26 bits per heavy atom. The zero-order valence-corrected chi connectivity index (χ0v) is 10.3. The van der Waals surface area contributed by atoms with Gasteiger partial charge in [0.1, 0.15) is 12.6 Å². The Labute approximate surface area is 110 Å². The largest absolute Gasteiger partial charge is 0.480 e. The van der Waals surface area contributed by atoms with Gasteiger partial charge in [-0.2, -0.15) is 0 Å². The van der Waals surface area contributed by atoms with Crippen LogP contribution in [-0.2, 0) is 9.53 Å². The SMILES string of the molecule is C=CCOC(=O)N[C@@H](C(=O)O)C12C3C4C5C3C1C5C42. The molecular formula is C14H15NO4. The van der Waals surface area contributed by atoms with E-state index in [2.05, 4.69) is 11.9 Å². The number of carboxylic acids is 1. The third-order valence-corrected chi connectivity index (χ3v) is 6.89. The number of carbonyl (C=O) groups is 2. The van der Waals surface area contributed by atoms with Crippen LogP contribution in [0.1, 0.15) is 0 Å². The van der Waals surface area contributed by atoms with Crippen LogP contribution in [0.15, 0.2) is 12.7 Å². The number of nitrogens with one attached hydrogen (secondary N) is 1. The van der Waals surface area contributed by atoms with E-state index in [1.807, 2.05) is 0 Å². The van der Waals surface area contributed by atoms with Gasteiger partial charge >= 0.3 is 12.1 Å². The Hall–Kier alpha value is -1.52. The van der Waals surface area contributed by atoms with Gasteiger partial charge < -0.3 is 15.2 Å². The zero-order valence-electron chi connectivity index (χ0n) is 10.3. The molecule has 0 spiro atoms. The van der Waals surface area contributed by atoms with Crippen LogP contribution < -0.4 is 5.32 Å². The van der Waals surface area contributed by atoms with E-state index in [4.69, 9.17) is 4.74 Å². The van der Waals surface area contributed by atoms with Crippen molar-refractivity contribution in [2.75, 3.05) is 6.61 Å². The molecule has 0 saturated heterocycles. The van der Waals surface area contributed by atoms with Gasteiger partial charge in [-0.25, -0.2) is 9.59 Å². The Balaban J connectivity index is 1.36. The van der Waals surface area contributed by atoms with Crippen LogP contribution in [0.5, 0.6) is 0 Å². The van der Waals surface area contributed by atoms with E-state index in [1.54, 1.807) is 0 Å². The van der Waals surface area contributed by atoms with Crippen LogP contribution in [0.3, 0.4) is 0 Å². The number of alkyl carbamates (subject to hydrolysis) is 1. The standard InChI is InChI=1S/C14H15NO4/c1-2-3-19-13(18)15-11(12(16)17)14-8-5-4-6(8)10(14)7(4)9(5)14/h2,4-11H,1,3H2,(H,15,18)(H,16,17)/t4?,5?,6?,7?,8?,9?,10?,11-,14?/m0/s1. The van der Waals surface area contributed by atoms with Crippen molar-refractivity contribution >= 4 is 12.1 Å². The van der Waals surface area contributed by atoms with Crippen LogP contribution in [0.4, 0.5) is 4.79 Å². The van der Waals surface area contributed by atoms with E-state index < -0.39 is 18.1 Å². The fourth-order valence-corrected chi connectivity index (χ4v) is 6.79. The fraction of sp³-hybridized carbons (Fsp3) is 0.714. The molecular weight excluding hydrogens is 246 g/mol. The Bertz CT molecular complexity index is 491. The minimum atomic E-state index is -0.911. The molecule has 0 aromatic carbocycles. The number of hydrogen-bond acceptors (Lipinski definition) is 3. The summed E-state index contributed by atoms with van der Waals surface area (Å²) < 4.78 is 4.86. The monoisotopic (exact) mass is 261 g/mol. The van der Waals surface area contributed by atoms with E-state index in [0.29, 0.717) is 17.8 Å². The molecule has 6 fully saturated rings.